The smallest absolute Gasteiger partial charge is 0.412 e. The van der Waals surface area contributed by atoms with Crippen molar-refractivity contribution >= 4 is 5.84 Å². The molecular weight excluding hydrogens is 144 g/mol. The molecule has 7 nitrogen and oxygen atoms in total. The summed E-state index contributed by atoms with van der Waals surface area (Å²) >= 11 is 0. The average molecular weight is 150 g/mol. The van der Waals surface area contributed by atoms with Crippen LogP contribution in [0.5, 0.6) is 0 Å². The Morgan fingerprint density at radius 3 is 2.10 bits per heavy atom. The van der Waals surface area contributed by atoms with Gasteiger partial charge in [0.05, 0.1) is 6.61 Å². The van der Waals surface area contributed by atoms with Crippen molar-refractivity contribution in [3.63, 3.8) is 0 Å². The first-order chi connectivity index (χ1) is 4.59. The van der Waals surface area contributed by atoms with Gasteiger partial charge in [-0.15, -0.1) is 0 Å². The molecule has 0 radical (unpaired) electrons. The van der Waals surface area contributed by atoms with E-state index in [2.05, 4.69) is 0 Å². The van der Waals surface area contributed by atoms with E-state index in [1.807, 2.05) is 0 Å². The molecule has 0 rings (SSSR count). The van der Waals surface area contributed by atoms with Crippen molar-refractivity contribution in [3.05, 3.63) is 15.3 Å². The molecule has 0 aromatic rings. The van der Waals surface area contributed by atoms with Crippen molar-refractivity contribution in [2.75, 3.05) is 6.61 Å². The zero-order chi connectivity index (χ0) is 8.15. The summed E-state index contributed by atoms with van der Waals surface area (Å²) in [4.78, 5) is 7.87. The van der Waals surface area contributed by atoms with Crippen molar-refractivity contribution in [1.29, 1.82) is 0 Å². The third-order valence-corrected chi connectivity index (χ3v) is 0.767. The minimum Gasteiger partial charge on any atom is -0.412 e. The van der Waals surface area contributed by atoms with E-state index in [0.29, 0.717) is 0 Å². The maximum absolute atomic E-state index is 9.86. The van der Waals surface area contributed by atoms with Gasteiger partial charge in [-0.2, -0.15) is 0 Å². The molecule has 0 heterocycles. The fraction of sp³-hybridized carbons (Fsp3) is 0.667. The summed E-state index contributed by atoms with van der Waals surface area (Å²) in [6, 6.07) is 0. The lowest BCUT2D eigenvalue weighted by atomic mass is 10.4. The molecule has 0 saturated carbocycles. The van der Waals surface area contributed by atoms with Gasteiger partial charge in [0.15, 0.2) is 0 Å². The molecule has 0 aromatic carbocycles. The summed E-state index contributed by atoms with van der Waals surface area (Å²) in [5.74, 6) is -0.970. The van der Waals surface area contributed by atoms with E-state index in [0.717, 1.165) is 0 Å². The Labute approximate surface area is 55.5 Å². The highest BCUT2D eigenvalue weighted by molar-refractivity contribution is 5.68. The molecule has 0 atom stereocenters. The second-order valence-corrected chi connectivity index (χ2v) is 1.42. The predicted octanol–water partition coefficient (Wildman–Crippen LogP) is -1.06. The molecule has 0 spiro atoms. The zero-order valence-corrected chi connectivity index (χ0v) is 4.93. The van der Waals surface area contributed by atoms with Crippen LogP contribution in [0.2, 0.25) is 0 Å². The quantitative estimate of drug-likeness (QED) is 0.130. The minimum absolute atomic E-state index is 0.465. The van der Waals surface area contributed by atoms with E-state index >= 15 is 0 Å². The second-order valence-electron chi connectivity index (χ2n) is 1.42. The molecule has 2 N–H and O–H groups in total. The molecule has 0 bridgehead atoms. The van der Waals surface area contributed by atoms with Gasteiger partial charge in [0.2, 0.25) is 0 Å². The highest BCUT2D eigenvalue weighted by atomic mass is 16.8. The predicted molar refractivity (Wildman–Crippen MR) is 29.1 cm³/mol. The van der Waals surface area contributed by atoms with Gasteiger partial charge < -0.3 is 10.3 Å². The van der Waals surface area contributed by atoms with Crippen molar-refractivity contribution in [2.45, 2.75) is 6.42 Å². The number of aliphatic hydroxyl groups is 1. The summed E-state index contributed by atoms with van der Waals surface area (Å²) in [7, 11) is 0. The summed E-state index contributed by atoms with van der Waals surface area (Å²) in [5.41, 5.74) is 0. The van der Waals surface area contributed by atoms with Crippen molar-refractivity contribution in [1.82, 2.24) is 0 Å². The Morgan fingerprint density at radius 1 is 1.50 bits per heavy atom. The van der Waals surface area contributed by atoms with E-state index < -0.39 is 28.7 Å². The van der Waals surface area contributed by atoms with Gasteiger partial charge >= 0.3 is 5.84 Å². The Bertz CT molecular complexity index is 160. The highest BCUT2D eigenvalue weighted by Crippen LogP contribution is 1.84. The van der Waals surface area contributed by atoms with E-state index in [1.165, 1.54) is 0 Å². The first-order valence-corrected chi connectivity index (χ1v) is 2.36. The first kappa shape index (κ1) is 8.63. The molecule has 0 unspecified atom stereocenters. The number of rotatable bonds is 2. The van der Waals surface area contributed by atoms with E-state index in [1.54, 1.807) is 0 Å². The first-order valence-electron chi connectivity index (χ1n) is 2.36. The van der Waals surface area contributed by atoms with Gasteiger partial charge in [-0.1, -0.05) is 0 Å². The molecule has 0 aliphatic heterocycles. The average Bonchev–Trinajstić information content (AvgIpc) is 1.81. The number of nitro groups is 1. The molecule has 0 aliphatic carbocycles. The molecule has 0 aromatic heterocycles. The standard InChI is InChI=1S/C3H6N2O5/c6-2-1-3(4(7)8)5(9)10/h6H,1-2H2,(H,7,8). The van der Waals surface area contributed by atoms with Gasteiger partial charge in [-0.05, 0) is 0 Å². The van der Waals surface area contributed by atoms with E-state index in [9.17, 15) is 15.3 Å². The lowest BCUT2D eigenvalue weighted by Gasteiger charge is -1.89. The molecule has 10 heavy (non-hydrogen) atoms. The van der Waals surface area contributed by atoms with Gasteiger partial charge in [0, 0.05) is 0 Å². The van der Waals surface area contributed by atoms with Crippen molar-refractivity contribution < 1.29 is 20.1 Å². The molecular formula is C3H6N2O5. The SMILES string of the molecule is O=[N+]([O-])C(CCO)=[N+]([O-])O. The lowest BCUT2D eigenvalue weighted by molar-refractivity contribution is -0.748. The van der Waals surface area contributed by atoms with Crippen molar-refractivity contribution in [3.8, 4) is 0 Å². The normalized spacial score (nSPS) is 12.5. The molecule has 0 amide bonds. The van der Waals surface area contributed by atoms with Crippen LogP contribution < -0.4 is 0 Å². The van der Waals surface area contributed by atoms with Crippen LogP contribution in [0, 0.1) is 15.3 Å². The van der Waals surface area contributed by atoms with Crippen LogP contribution in [0.15, 0.2) is 0 Å². The van der Waals surface area contributed by atoms with Crippen LogP contribution >= 0.6 is 0 Å². The fourth-order valence-corrected chi connectivity index (χ4v) is 0.357. The molecule has 7 heteroatoms. The van der Waals surface area contributed by atoms with Gasteiger partial charge in [-0.3, -0.25) is 15.3 Å². The Balaban J connectivity index is 4.28. The van der Waals surface area contributed by atoms with E-state index in [4.69, 9.17) is 10.3 Å². The number of hydrogen-bond donors (Lipinski definition) is 2. The van der Waals surface area contributed by atoms with E-state index in [-0.39, 0.29) is 0 Å². The van der Waals surface area contributed by atoms with Crippen molar-refractivity contribution in [2.24, 2.45) is 0 Å². The van der Waals surface area contributed by atoms with Gasteiger partial charge in [-0.25, -0.2) is 0 Å². The van der Waals surface area contributed by atoms with Gasteiger partial charge in [0.25, 0.3) is 0 Å². The molecule has 58 valence electrons. The number of nitrogens with zero attached hydrogens (tertiary/aromatic N) is 2. The van der Waals surface area contributed by atoms with Crippen LogP contribution in [-0.2, 0) is 0 Å². The van der Waals surface area contributed by atoms with Crippen LogP contribution in [-0.4, -0.2) is 32.6 Å². The topological polar surface area (TPSA) is 110 Å². The third kappa shape index (κ3) is 2.27. The minimum atomic E-state index is -1.05. The zero-order valence-electron chi connectivity index (χ0n) is 4.93. The molecule has 0 aliphatic rings. The Morgan fingerprint density at radius 2 is 2.00 bits per heavy atom. The summed E-state index contributed by atoms with van der Waals surface area (Å²) in [6.45, 7) is -0.546. The monoisotopic (exact) mass is 150 g/mol. The molecule has 0 fully saturated rings. The number of hydrogen-bond acceptors (Lipinski definition) is 5. The van der Waals surface area contributed by atoms with Crippen LogP contribution in [0.1, 0.15) is 6.42 Å². The van der Waals surface area contributed by atoms with Crippen LogP contribution in [0.25, 0.3) is 0 Å². The maximum Gasteiger partial charge on any atom is 0.533 e. The molecule has 0 saturated heterocycles. The summed E-state index contributed by atoms with van der Waals surface area (Å²) in [6.07, 6.45) is -0.465. The number of aliphatic hydroxyl groups excluding tert-OH is 1. The largest absolute Gasteiger partial charge is 0.533 e. The van der Waals surface area contributed by atoms with Crippen LogP contribution in [0.4, 0.5) is 0 Å². The highest BCUT2D eigenvalue weighted by Gasteiger charge is 2.23. The Hall–Kier alpha value is -1.37. The fourth-order valence-electron chi connectivity index (χ4n) is 0.357. The summed E-state index contributed by atoms with van der Waals surface area (Å²) in [5, 5.41) is 35.8. The van der Waals surface area contributed by atoms with Crippen LogP contribution in [0.3, 0.4) is 0 Å². The Kier molecular flexibility index (Phi) is 3.12. The third-order valence-electron chi connectivity index (χ3n) is 0.767. The lowest BCUT2D eigenvalue weighted by Crippen LogP contribution is -2.22. The van der Waals surface area contributed by atoms with Gasteiger partial charge in [0.1, 0.15) is 16.2 Å². The number of amidine groups is 1. The summed E-state index contributed by atoms with van der Waals surface area (Å²) < 4.78 is 0. The maximum atomic E-state index is 9.86. The second kappa shape index (κ2) is 3.62.